The van der Waals surface area contributed by atoms with Crippen LogP contribution in [0.15, 0.2) is 53.1 Å². The van der Waals surface area contributed by atoms with Gasteiger partial charge in [0.25, 0.3) is 0 Å². The van der Waals surface area contributed by atoms with Crippen molar-refractivity contribution in [3.8, 4) is 0 Å². The van der Waals surface area contributed by atoms with Gasteiger partial charge in [0.1, 0.15) is 5.84 Å². The van der Waals surface area contributed by atoms with Gasteiger partial charge in [-0.25, -0.2) is 0 Å². The molecule has 3 aliphatic rings. The van der Waals surface area contributed by atoms with E-state index in [1.54, 1.807) is 6.08 Å². The highest BCUT2D eigenvalue weighted by Gasteiger charge is 2.42. The maximum atomic E-state index is 13.0. The summed E-state index contributed by atoms with van der Waals surface area (Å²) in [6, 6.07) is 7.99. The van der Waals surface area contributed by atoms with Crippen molar-refractivity contribution in [3.05, 3.63) is 48.1 Å². The molecule has 150 valence electrons. The Hall–Kier alpha value is -2.28. The van der Waals surface area contributed by atoms with Crippen LogP contribution in [0.5, 0.6) is 0 Å². The largest absolute Gasteiger partial charge is 0.416 e. The molecule has 1 aromatic rings. The fourth-order valence-corrected chi connectivity index (χ4v) is 4.09. The number of aliphatic imine (C=N–C) groups is 1. The van der Waals surface area contributed by atoms with Crippen LogP contribution in [0, 0.1) is 5.92 Å². The van der Waals surface area contributed by atoms with E-state index in [-0.39, 0.29) is 11.5 Å². The van der Waals surface area contributed by atoms with Gasteiger partial charge in [-0.2, -0.15) is 13.2 Å². The topological polar surface area (TPSA) is 39.7 Å². The van der Waals surface area contributed by atoms with Gasteiger partial charge in [0.2, 0.25) is 0 Å². The summed E-state index contributed by atoms with van der Waals surface area (Å²) in [5.41, 5.74) is 1.15. The molecule has 4 nitrogen and oxygen atoms in total. The van der Waals surface area contributed by atoms with E-state index in [1.165, 1.54) is 12.2 Å². The first kappa shape index (κ1) is 19.1. The van der Waals surface area contributed by atoms with Gasteiger partial charge in [-0.05, 0) is 38.4 Å². The number of allylic oxidation sites excluding steroid dienone is 3. The number of piperidine rings is 1. The Morgan fingerprint density at radius 2 is 1.89 bits per heavy atom. The van der Waals surface area contributed by atoms with Gasteiger partial charge >= 0.3 is 6.18 Å². The molecular formula is C21H25F3N4. The van der Waals surface area contributed by atoms with Gasteiger partial charge in [-0.3, -0.25) is 4.99 Å². The van der Waals surface area contributed by atoms with E-state index >= 15 is 0 Å². The molecule has 1 atom stereocenters. The molecule has 28 heavy (non-hydrogen) atoms. The average Bonchev–Trinajstić information content (AvgIpc) is 2.68. The SMILES string of the molecule is CN1CCC2(CC1)Nc1ccccc1NC2=NCC1C=C(C(F)(F)F)C=CC1. The molecule has 1 aromatic carbocycles. The van der Waals surface area contributed by atoms with Crippen molar-refractivity contribution in [2.24, 2.45) is 10.9 Å². The van der Waals surface area contributed by atoms with Gasteiger partial charge in [0.15, 0.2) is 0 Å². The second-order valence-electron chi connectivity index (χ2n) is 7.89. The second-order valence-corrected chi connectivity index (χ2v) is 7.89. The zero-order valence-corrected chi connectivity index (χ0v) is 15.9. The van der Waals surface area contributed by atoms with E-state index in [4.69, 9.17) is 4.99 Å². The lowest BCUT2D eigenvalue weighted by atomic mass is 9.84. The molecule has 2 aliphatic heterocycles. The molecule has 0 amide bonds. The number of benzene rings is 1. The van der Waals surface area contributed by atoms with E-state index in [1.807, 2.05) is 24.3 Å². The molecule has 0 radical (unpaired) electrons. The zero-order valence-electron chi connectivity index (χ0n) is 15.9. The first-order chi connectivity index (χ1) is 13.4. The molecule has 0 aromatic heterocycles. The van der Waals surface area contributed by atoms with E-state index in [0.29, 0.717) is 13.0 Å². The molecular weight excluding hydrogens is 365 g/mol. The number of nitrogens with one attached hydrogen (secondary N) is 2. The van der Waals surface area contributed by atoms with Crippen LogP contribution in [-0.4, -0.2) is 49.1 Å². The van der Waals surface area contributed by atoms with Crippen molar-refractivity contribution >= 4 is 17.2 Å². The van der Waals surface area contributed by atoms with Crippen molar-refractivity contribution < 1.29 is 13.2 Å². The smallest absolute Gasteiger partial charge is 0.371 e. The van der Waals surface area contributed by atoms with Crippen LogP contribution in [0.4, 0.5) is 24.5 Å². The van der Waals surface area contributed by atoms with Crippen molar-refractivity contribution in [1.82, 2.24) is 4.90 Å². The Balaban J connectivity index is 1.59. The van der Waals surface area contributed by atoms with Crippen LogP contribution in [0.1, 0.15) is 19.3 Å². The van der Waals surface area contributed by atoms with Crippen molar-refractivity contribution in [2.75, 3.05) is 37.3 Å². The Morgan fingerprint density at radius 1 is 1.18 bits per heavy atom. The standard InChI is InChI=1S/C21H25F3N4/c1-28-11-9-20(10-12-28)19(26-17-7-2-3-8-18(17)27-20)25-14-15-5-4-6-16(13-15)21(22,23)24/h2-4,6-8,13,15,27H,5,9-12,14H2,1H3,(H,25,26). The van der Waals surface area contributed by atoms with Crippen LogP contribution < -0.4 is 10.6 Å². The van der Waals surface area contributed by atoms with Crippen LogP contribution in [-0.2, 0) is 0 Å². The maximum Gasteiger partial charge on any atom is 0.416 e. The first-order valence-electron chi connectivity index (χ1n) is 9.69. The molecule has 1 aliphatic carbocycles. The number of hydrogen-bond donors (Lipinski definition) is 2. The third kappa shape index (κ3) is 3.81. The van der Waals surface area contributed by atoms with Crippen LogP contribution in [0.25, 0.3) is 0 Å². The molecule has 1 spiro atoms. The number of anilines is 2. The van der Waals surface area contributed by atoms with Crippen molar-refractivity contribution in [1.29, 1.82) is 0 Å². The lowest BCUT2D eigenvalue weighted by molar-refractivity contribution is -0.0889. The monoisotopic (exact) mass is 390 g/mol. The fourth-order valence-electron chi connectivity index (χ4n) is 4.09. The first-order valence-corrected chi connectivity index (χ1v) is 9.69. The van der Waals surface area contributed by atoms with Crippen molar-refractivity contribution in [2.45, 2.75) is 31.0 Å². The quantitative estimate of drug-likeness (QED) is 0.784. The number of halogens is 3. The minimum atomic E-state index is -4.30. The summed E-state index contributed by atoms with van der Waals surface area (Å²) in [4.78, 5) is 7.09. The van der Waals surface area contributed by atoms with E-state index < -0.39 is 11.7 Å². The Kier molecular flexibility index (Phi) is 4.95. The van der Waals surface area contributed by atoms with Gasteiger partial charge in [-0.15, -0.1) is 0 Å². The Labute approximate surface area is 163 Å². The summed E-state index contributed by atoms with van der Waals surface area (Å²) >= 11 is 0. The summed E-state index contributed by atoms with van der Waals surface area (Å²) in [7, 11) is 2.10. The highest BCUT2D eigenvalue weighted by molar-refractivity contribution is 6.09. The molecule has 0 bridgehead atoms. The van der Waals surface area contributed by atoms with Gasteiger partial charge in [-0.1, -0.05) is 30.4 Å². The van der Waals surface area contributed by atoms with E-state index in [0.717, 1.165) is 43.1 Å². The fraction of sp³-hybridized carbons (Fsp3) is 0.476. The third-order valence-corrected chi connectivity index (χ3v) is 5.81. The summed E-state index contributed by atoms with van der Waals surface area (Å²) in [6.45, 7) is 2.23. The Bertz CT molecular complexity index is 817. The number of rotatable bonds is 2. The molecule has 7 heteroatoms. The van der Waals surface area contributed by atoms with Gasteiger partial charge < -0.3 is 15.5 Å². The molecule has 1 fully saturated rings. The minimum absolute atomic E-state index is 0.239. The van der Waals surface area contributed by atoms with Crippen LogP contribution >= 0.6 is 0 Å². The Morgan fingerprint density at radius 3 is 2.61 bits per heavy atom. The summed E-state index contributed by atoms with van der Waals surface area (Å²) < 4.78 is 39.0. The van der Waals surface area contributed by atoms with E-state index in [2.05, 4.69) is 22.6 Å². The summed E-state index contributed by atoms with van der Waals surface area (Å²) in [6.07, 6.45) is 2.15. The number of amidine groups is 1. The number of likely N-dealkylation sites (tertiary alicyclic amines) is 1. The molecule has 1 saturated heterocycles. The maximum absolute atomic E-state index is 13.0. The zero-order chi connectivity index (χ0) is 19.8. The van der Waals surface area contributed by atoms with Crippen LogP contribution in [0.2, 0.25) is 0 Å². The normalized spacial score (nSPS) is 25.8. The number of hydrogen-bond acceptors (Lipinski definition) is 3. The molecule has 4 rings (SSSR count). The molecule has 1 unspecified atom stereocenters. The molecule has 0 saturated carbocycles. The van der Waals surface area contributed by atoms with Gasteiger partial charge in [0.05, 0.1) is 22.5 Å². The van der Waals surface area contributed by atoms with Crippen LogP contribution in [0.3, 0.4) is 0 Å². The predicted molar refractivity (Wildman–Crippen MR) is 107 cm³/mol. The third-order valence-electron chi connectivity index (χ3n) is 5.81. The highest BCUT2D eigenvalue weighted by Crippen LogP contribution is 2.37. The number of para-hydroxylation sites is 2. The average molecular weight is 390 g/mol. The van der Waals surface area contributed by atoms with Gasteiger partial charge in [0, 0.05) is 25.6 Å². The predicted octanol–water partition coefficient (Wildman–Crippen LogP) is 4.45. The highest BCUT2D eigenvalue weighted by atomic mass is 19.4. The summed E-state index contributed by atoms with van der Waals surface area (Å²) in [5.74, 6) is 0.604. The number of nitrogens with zero attached hydrogens (tertiary/aromatic N) is 2. The second kappa shape index (κ2) is 7.28. The molecule has 2 heterocycles. The summed E-state index contributed by atoms with van der Waals surface area (Å²) in [5, 5.41) is 7.14. The number of fused-ring (bicyclic) bond motifs is 1. The van der Waals surface area contributed by atoms with E-state index in [9.17, 15) is 13.2 Å². The molecule has 2 N–H and O–H groups in total. The minimum Gasteiger partial charge on any atom is -0.371 e. The lowest BCUT2D eigenvalue weighted by Gasteiger charge is -2.46. The number of alkyl halides is 3. The lowest BCUT2D eigenvalue weighted by Crippen LogP contribution is -2.58. The van der Waals surface area contributed by atoms with Crippen molar-refractivity contribution in [3.63, 3.8) is 0 Å².